The molecule has 0 unspecified atom stereocenters. The lowest BCUT2D eigenvalue weighted by Gasteiger charge is -2.09. The minimum Gasteiger partial charge on any atom is -0.242 e. The summed E-state index contributed by atoms with van der Waals surface area (Å²) < 4.78 is 0. The predicted octanol–water partition coefficient (Wildman–Crippen LogP) is 7.48. The number of hydrogen-bond donors (Lipinski definition) is 0. The molecule has 0 N–H and O–H groups in total. The van der Waals surface area contributed by atoms with E-state index < -0.39 is 16.1 Å². The van der Waals surface area contributed by atoms with E-state index in [4.69, 9.17) is 9.97 Å². The van der Waals surface area contributed by atoms with Crippen molar-refractivity contribution < 1.29 is 0 Å². The van der Waals surface area contributed by atoms with Crippen molar-refractivity contribution in [2.45, 2.75) is 39.3 Å². The van der Waals surface area contributed by atoms with E-state index in [1.807, 2.05) is 36.4 Å². The largest absolute Gasteiger partial charge is 0.242 e. The summed E-state index contributed by atoms with van der Waals surface area (Å²) in [6, 6.07) is 20.6. The third-order valence-corrected chi connectivity index (χ3v) is 7.48. The second-order valence-corrected chi connectivity index (χ2v) is 20.6. The lowest BCUT2D eigenvalue weighted by atomic mass is 10.0. The van der Waals surface area contributed by atoms with Crippen LogP contribution in [0.5, 0.6) is 0 Å². The maximum atomic E-state index is 5.19. The highest BCUT2D eigenvalue weighted by Gasteiger charge is 2.19. The van der Waals surface area contributed by atoms with Crippen molar-refractivity contribution in [3.05, 3.63) is 70.4 Å². The summed E-state index contributed by atoms with van der Waals surface area (Å²) in [7, 11) is -3.08. The first kappa shape index (κ1) is 23.2. The van der Waals surface area contributed by atoms with E-state index in [-0.39, 0.29) is 0 Å². The van der Waals surface area contributed by atoms with Crippen molar-refractivity contribution in [3.63, 3.8) is 0 Å². The van der Waals surface area contributed by atoms with Crippen molar-refractivity contribution in [2.24, 2.45) is 0 Å². The summed E-state index contributed by atoms with van der Waals surface area (Å²) in [5, 5.41) is 0. The molecule has 2 heterocycles. The van der Waals surface area contributed by atoms with Crippen molar-refractivity contribution >= 4 is 38.5 Å². The van der Waals surface area contributed by atoms with Crippen molar-refractivity contribution in [1.29, 1.82) is 0 Å². The summed E-state index contributed by atoms with van der Waals surface area (Å²) >= 11 is 1.63. The van der Waals surface area contributed by atoms with Crippen LogP contribution >= 0.6 is 11.3 Å². The van der Waals surface area contributed by atoms with Gasteiger partial charge in [0.05, 0.1) is 11.4 Å². The van der Waals surface area contributed by atoms with Gasteiger partial charge in [0.15, 0.2) is 0 Å². The van der Waals surface area contributed by atoms with E-state index in [1.54, 1.807) is 11.3 Å². The number of hydrogen-bond acceptors (Lipinski definition) is 3. The van der Waals surface area contributed by atoms with Crippen LogP contribution in [0.4, 0.5) is 0 Å². The van der Waals surface area contributed by atoms with Gasteiger partial charge in [-0.2, -0.15) is 0 Å². The Labute approximate surface area is 203 Å². The Hall–Kier alpha value is -2.97. The average molecular weight is 481 g/mol. The fraction of sp³-hybridized carbons (Fsp3) is 0.214. The molecule has 2 aromatic heterocycles. The molecule has 5 heteroatoms. The molecule has 0 radical (unpaired) electrons. The number of rotatable bonds is 2. The molecule has 0 saturated heterocycles. The van der Waals surface area contributed by atoms with E-state index in [2.05, 4.69) is 86.5 Å². The molecule has 0 fully saturated rings. The molecule has 0 atom stereocenters. The highest BCUT2D eigenvalue weighted by molar-refractivity contribution is 7.15. The van der Waals surface area contributed by atoms with Crippen LogP contribution in [-0.2, 0) is 0 Å². The lowest BCUT2D eigenvalue weighted by molar-refractivity contribution is 1.30. The van der Waals surface area contributed by atoms with Crippen molar-refractivity contribution in [1.82, 2.24) is 9.97 Å². The number of benzene rings is 2. The molecule has 2 aromatic carbocycles. The first-order chi connectivity index (χ1) is 15.6. The van der Waals surface area contributed by atoms with Crippen LogP contribution in [0, 0.1) is 22.9 Å². The molecule has 4 rings (SSSR count). The summed E-state index contributed by atoms with van der Waals surface area (Å²) in [6.45, 7) is 13.6. The van der Waals surface area contributed by atoms with Crippen molar-refractivity contribution in [2.75, 3.05) is 0 Å². The van der Waals surface area contributed by atoms with Crippen molar-refractivity contribution in [3.8, 4) is 45.4 Å². The van der Waals surface area contributed by atoms with E-state index in [9.17, 15) is 0 Å². The summed E-state index contributed by atoms with van der Waals surface area (Å²) in [5.41, 5.74) is 12.6. The molecule has 2 nitrogen and oxygen atoms in total. The van der Waals surface area contributed by atoms with Gasteiger partial charge in [-0.05, 0) is 0 Å². The SMILES string of the molecule is C[Si](C)(C)C#Cc1sc(C#C[Si](C)(C)C)c2nc(-c3ccccc3)c(-c3ccccc3)nc12. The first-order valence-electron chi connectivity index (χ1n) is 11.1. The highest BCUT2D eigenvalue weighted by Crippen LogP contribution is 2.35. The second kappa shape index (κ2) is 9.11. The first-order valence-corrected chi connectivity index (χ1v) is 18.9. The van der Waals surface area contributed by atoms with Gasteiger partial charge in [-0.1, -0.05) is 112 Å². The topological polar surface area (TPSA) is 25.8 Å². The smallest absolute Gasteiger partial charge is 0.129 e. The Morgan fingerprint density at radius 3 is 1.27 bits per heavy atom. The van der Waals surface area contributed by atoms with Gasteiger partial charge in [0.25, 0.3) is 0 Å². The number of aromatic nitrogens is 2. The molecule has 0 bridgehead atoms. The van der Waals surface area contributed by atoms with E-state index in [1.165, 1.54) is 0 Å². The fourth-order valence-corrected chi connectivity index (χ4v) is 5.27. The Morgan fingerprint density at radius 2 is 0.939 bits per heavy atom. The van der Waals surface area contributed by atoms with Gasteiger partial charge < -0.3 is 0 Å². The fourth-order valence-electron chi connectivity index (χ4n) is 3.20. The molecule has 0 saturated carbocycles. The summed E-state index contributed by atoms with van der Waals surface area (Å²) in [5.74, 6) is 6.91. The van der Waals surface area contributed by atoms with Crippen LogP contribution in [-0.4, -0.2) is 26.1 Å². The molecule has 0 spiro atoms. The molecule has 0 aliphatic heterocycles. The third-order valence-electron chi connectivity index (χ3n) is 4.73. The average Bonchev–Trinajstić information content (AvgIpc) is 3.12. The van der Waals surface area contributed by atoms with Gasteiger partial charge in [0.1, 0.15) is 36.9 Å². The number of nitrogens with zero attached hydrogens (tertiary/aromatic N) is 2. The van der Waals surface area contributed by atoms with Gasteiger partial charge in [0.2, 0.25) is 0 Å². The van der Waals surface area contributed by atoms with Crippen LogP contribution in [0.2, 0.25) is 39.3 Å². The molecule has 0 amide bonds. The van der Waals surface area contributed by atoms with Crippen LogP contribution in [0.25, 0.3) is 33.5 Å². The second-order valence-electron chi connectivity index (χ2n) is 10.1. The zero-order valence-electron chi connectivity index (χ0n) is 20.1. The van der Waals surface area contributed by atoms with E-state index >= 15 is 0 Å². The van der Waals surface area contributed by atoms with E-state index in [0.717, 1.165) is 43.3 Å². The standard InChI is InChI=1S/C28H28N2SSi2/c1-32(2,3)19-17-23-27-28(24(31-23)18-20-33(4,5)6)30-26(22-15-11-8-12-16-22)25(29-27)21-13-9-7-10-14-21/h7-16H,1-6H3. The Balaban J connectivity index is 2.06. The third kappa shape index (κ3) is 5.70. The highest BCUT2D eigenvalue weighted by atomic mass is 32.1. The summed E-state index contributed by atoms with van der Waals surface area (Å²) in [6.07, 6.45) is 0. The molecule has 0 aliphatic rings. The van der Waals surface area contributed by atoms with Crippen LogP contribution < -0.4 is 0 Å². The maximum Gasteiger partial charge on any atom is 0.129 e. The Bertz CT molecular complexity index is 1310. The monoisotopic (exact) mass is 480 g/mol. The normalized spacial score (nSPS) is 11.5. The predicted molar refractivity (Wildman–Crippen MR) is 149 cm³/mol. The van der Waals surface area contributed by atoms with Gasteiger partial charge in [0, 0.05) is 11.1 Å². The minimum atomic E-state index is -1.54. The quantitative estimate of drug-likeness (QED) is 0.219. The summed E-state index contributed by atoms with van der Waals surface area (Å²) in [4.78, 5) is 12.3. The maximum absolute atomic E-state index is 5.19. The van der Waals surface area contributed by atoms with E-state index in [0.29, 0.717) is 0 Å². The molecule has 164 valence electrons. The zero-order chi connectivity index (χ0) is 23.6. The van der Waals surface area contributed by atoms with Gasteiger partial charge in [-0.25, -0.2) is 9.97 Å². The molecule has 33 heavy (non-hydrogen) atoms. The van der Waals surface area contributed by atoms with Gasteiger partial charge in [-0.3, -0.25) is 0 Å². The van der Waals surface area contributed by atoms with Gasteiger partial charge >= 0.3 is 0 Å². The molecular weight excluding hydrogens is 453 g/mol. The van der Waals surface area contributed by atoms with Crippen LogP contribution in [0.3, 0.4) is 0 Å². The Morgan fingerprint density at radius 1 is 0.576 bits per heavy atom. The zero-order valence-corrected chi connectivity index (χ0v) is 22.9. The Kier molecular flexibility index (Phi) is 6.41. The number of thiophene rings is 1. The minimum absolute atomic E-state index is 0.865. The molecule has 0 aliphatic carbocycles. The van der Waals surface area contributed by atoms with Crippen LogP contribution in [0.1, 0.15) is 9.75 Å². The van der Waals surface area contributed by atoms with Crippen LogP contribution in [0.15, 0.2) is 60.7 Å². The molecular formula is C28H28N2SSi2. The van der Waals surface area contributed by atoms with Gasteiger partial charge in [-0.15, -0.1) is 22.4 Å². The lowest BCUT2D eigenvalue weighted by Crippen LogP contribution is -2.16. The molecule has 4 aromatic rings. The number of fused-ring (bicyclic) bond motifs is 1.